The van der Waals surface area contributed by atoms with Gasteiger partial charge in [0.25, 0.3) is 0 Å². The average Bonchev–Trinajstić information content (AvgIpc) is 0. The normalized spacial score (nSPS) is 0. The second-order valence-corrected chi connectivity index (χ2v) is 0. The second kappa shape index (κ2) is 209. The Morgan fingerprint density at radius 2 is 0.308 bits per heavy atom. The zero-order chi connectivity index (χ0) is 0. The molecular weight excluding hydrogens is 502 g/mol. The van der Waals surface area contributed by atoms with Crippen LogP contribution in [0.1, 0.15) is 0 Å². The molecule has 0 aromatic heterocycles. The van der Waals surface area contributed by atoms with Gasteiger partial charge in [-0.3, -0.25) is 0 Å². The van der Waals surface area contributed by atoms with E-state index >= 15 is 0 Å². The quantitative estimate of drug-likeness (QED) is 0.373. The van der Waals surface area contributed by atoms with Crippen LogP contribution in [-0.4, -0.2) is 85.7 Å². The van der Waals surface area contributed by atoms with Crippen LogP contribution in [0.2, 0.25) is 0 Å². The summed E-state index contributed by atoms with van der Waals surface area (Å²) in [6.07, 6.45) is 0. The maximum absolute atomic E-state index is 0. The molecule has 0 bridgehead atoms. The molecule has 0 aliphatic rings. The van der Waals surface area contributed by atoms with Gasteiger partial charge in [-0.2, -0.15) is 0 Å². The van der Waals surface area contributed by atoms with Crippen LogP contribution in [-0.2, 0) is 65.2 Å². The van der Waals surface area contributed by atoms with E-state index in [4.69, 9.17) is 0 Å². The topological polar surface area (TPSA) is 122 Å². The van der Waals surface area contributed by atoms with Gasteiger partial charge in [-0.1, -0.05) is 0 Å². The molecule has 0 spiro atoms. The molecule has 4 nitrogen and oxygen atoms in total. The Morgan fingerprint density at radius 3 is 0.308 bits per heavy atom. The van der Waals surface area contributed by atoms with Crippen LogP contribution < -0.4 is 0 Å². The van der Waals surface area contributed by atoms with E-state index in [-0.39, 0.29) is 175 Å². The Labute approximate surface area is 173 Å². The van der Waals surface area contributed by atoms with Gasteiger partial charge in [0.2, 0.25) is 0 Å². The summed E-state index contributed by atoms with van der Waals surface area (Å²) in [5.74, 6) is 0. The largest absolute Gasteiger partial charge is 4.00 e. The Hall–Kier alpha value is 4.26. The van der Waals surface area contributed by atoms with Crippen molar-refractivity contribution in [3.63, 3.8) is 0 Å². The third-order valence-electron chi connectivity index (χ3n) is 0. The third-order valence-corrected chi connectivity index (χ3v) is 0. The summed E-state index contributed by atoms with van der Waals surface area (Å²) in [7, 11) is 0. The van der Waals surface area contributed by atoms with Crippen molar-refractivity contribution < 1.29 is 65.2 Å². The van der Waals surface area contributed by atoms with Crippen LogP contribution in [0.5, 0.6) is 0 Å². The molecule has 12 radical (unpaired) electrons. The van der Waals surface area contributed by atoms with Gasteiger partial charge in [0, 0.05) is 98.0 Å². The van der Waals surface area contributed by atoms with E-state index in [2.05, 4.69) is 0 Å². The molecular formula is Ge3N4Si3Ti3. The minimum atomic E-state index is 0. The molecule has 0 aliphatic carbocycles. The summed E-state index contributed by atoms with van der Waals surface area (Å²) >= 11 is 0. The molecule has 0 aromatic rings. The number of hydrogen-bond acceptors (Lipinski definition) is 0. The summed E-state index contributed by atoms with van der Waals surface area (Å²) < 4.78 is 0. The SMILES string of the molecule is [Ge+4].[Ge+4].[Ge+4].[N-3].[N-3].[N-3].[N-3].[Si].[Si].[Si].[Ti].[Ti].[Ti]. The fourth-order valence-electron chi connectivity index (χ4n) is 0. The van der Waals surface area contributed by atoms with Crippen LogP contribution >= 0.6 is 0 Å². The third kappa shape index (κ3) is 182. The molecule has 0 saturated carbocycles. The Kier molecular flexibility index (Phi) is 4030. The molecule has 0 atom stereocenters. The van der Waals surface area contributed by atoms with E-state index in [1.54, 1.807) is 0 Å². The second-order valence-electron chi connectivity index (χ2n) is 0. The summed E-state index contributed by atoms with van der Waals surface area (Å²) in [6.45, 7) is 0. The van der Waals surface area contributed by atoms with E-state index in [1.165, 1.54) is 0 Å². The van der Waals surface area contributed by atoms with Gasteiger partial charge in [-0.05, 0) is 0 Å². The van der Waals surface area contributed by atoms with E-state index in [1.807, 2.05) is 0 Å². The smallest absolute Gasteiger partial charge is 3.00 e. The minimum Gasteiger partial charge on any atom is -3.00 e. The predicted octanol–water partition coefficient (Wildman–Crippen LogP) is -1.14. The molecule has 56 valence electrons. The van der Waals surface area contributed by atoms with Crippen molar-refractivity contribution in [3.05, 3.63) is 24.6 Å². The van der Waals surface area contributed by atoms with Crippen LogP contribution in [0.15, 0.2) is 0 Å². The van der Waals surface area contributed by atoms with Gasteiger partial charge in [0.1, 0.15) is 0 Å². The first kappa shape index (κ1) is 251. The molecule has 0 amide bonds. The fourth-order valence-corrected chi connectivity index (χ4v) is 0. The van der Waals surface area contributed by atoms with E-state index in [9.17, 15) is 0 Å². The van der Waals surface area contributed by atoms with Gasteiger partial charge in [-0.15, -0.1) is 0 Å². The van der Waals surface area contributed by atoms with Crippen molar-refractivity contribution >= 4 is 85.7 Å². The molecule has 0 N–H and O–H groups in total. The summed E-state index contributed by atoms with van der Waals surface area (Å²) in [5, 5.41) is 0. The van der Waals surface area contributed by atoms with Gasteiger partial charge in [0.15, 0.2) is 0 Å². The predicted molar refractivity (Wildman–Crippen MR) is 48.0 cm³/mol. The molecule has 0 aliphatic heterocycles. The maximum Gasteiger partial charge on any atom is 4.00 e. The van der Waals surface area contributed by atoms with Gasteiger partial charge < -0.3 is 24.6 Å². The molecule has 13 heavy (non-hydrogen) atoms. The number of hydrogen-bond donors (Lipinski definition) is 0. The average molecular weight is 502 g/mol. The Bertz CT molecular complexity index is 25.8. The zero-order valence-corrected chi connectivity index (χ0v) is 20.3. The van der Waals surface area contributed by atoms with Crippen molar-refractivity contribution in [2.45, 2.75) is 0 Å². The van der Waals surface area contributed by atoms with Crippen molar-refractivity contribution in [3.8, 4) is 0 Å². The fraction of sp³-hybridized carbons (Fsp3) is 0. The summed E-state index contributed by atoms with van der Waals surface area (Å²) in [6, 6.07) is 0. The van der Waals surface area contributed by atoms with Crippen molar-refractivity contribution in [2.24, 2.45) is 0 Å². The van der Waals surface area contributed by atoms with Gasteiger partial charge in [-0.25, -0.2) is 0 Å². The van der Waals surface area contributed by atoms with Crippen LogP contribution in [0.4, 0.5) is 0 Å². The molecule has 0 unspecified atom stereocenters. The first-order chi connectivity index (χ1) is 0. The van der Waals surface area contributed by atoms with Gasteiger partial charge >= 0.3 is 52.8 Å². The first-order valence-electron chi connectivity index (χ1n) is 0. The van der Waals surface area contributed by atoms with Crippen LogP contribution in [0.25, 0.3) is 24.6 Å². The summed E-state index contributed by atoms with van der Waals surface area (Å²) in [5.41, 5.74) is 0. The van der Waals surface area contributed by atoms with Crippen molar-refractivity contribution in [2.75, 3.05) is 0 Å². The first-order valence-corrected chi connectivity index (χ1v) is 0. The monoisotopic (exact) mass is 506 g/mol. The molecule has 0 heterocycles. The van der Waals surface area contributed by atoms with Crippen molar-refractivity contribution in [1.29, 1.82) is 0 Å². The number of nitrogens with zero attached hydrogens (tertiary/aromatic N) is 4. The van der Waals surface area contributed by atoms with E-state index in [0.717, 1.165) is 0 Å². The van der Waals surface area contributed by atoms with Gasteiger partial charge in [0.05, 0.1) is 0 Å². The van der Waals surface area contributed by atoms with E-state index in [0.29, 0.717) is 0 Å². The zero-order valence-electron chi connectivity index (χ0n) is 6.29. The Balaban J connectivity index is 0. The molecule has 0 rings (SSSR count). The number of rotatable bonds is 0. The maximum atomic E-state index is 0. The summed E-state index contributed by atoms with van der Waals surface area (Å²) in [4.78, 5) is 0. The molecule has 0 saturated heterocycles. The molecule has 13 heteroatoms. The standard InChI is InChI=1S/3Ge.4N.3Si.3Ti/q3*+4;4*-3;;;;;;. The van der Waals surface area contributed by atoms with E-state index < -0.39 is 0 Å². The minimum absolute atomic E-state index is 0. The Morgan fingerprint density at radius 1 is 0.308 bits per heavy atom. The van der Waals surface area contributed by atoms with Crippen molar-refractivity contribution in [1.82, 2.24) is 0 Å². The van der Waals surface area contributed by atoms with Crippen LogP contribution in [0, 0.1) is 0 Å². The molecule has 0 aromatic carbocycles. The molecule has 0 fully saturated rings. The van der Waals surface area contributed by atoms with Crippen LogP contribution in [0.3, 0.4) is 0 Å².